The first-order chi connectivity index (χ1) is 7.52. The number of phenolic OH excluding ortho intramolecular Hbond substituents is 1. The highest BCUT2D eigenvalue weighted by atomic mass is 19.3. The van der Waals surface area contributed by atoms with Gasteiger partial charge in [-0.3, -0.25) is 4.79 Å². The Morgan fingerprint density at radius 2 is 2.00 bits per heavy atom. The van der Waals surface area contributed by atoms with E-state index in [-0.39, 0.29) is 11.3 Å². The quantitative estimate of drug-likeness (QED) is 0.716. The van der Waals surface area contributed by atoms with Crippen molar-refractivity contribution in [3.63, 3.8) is 0 Å². The van der Waals surface area contributed by atoms with Crippen LogP contribution in [0.15, 0.2) is 24.3 Å². The number of carbonyl (C=O) groups excluding carboxylic acids is 1. The summed E-state index contributed by atoms with van der Waals surface area (Å²) in [6.45, 7) is -0.565. The summed E-state index contributed by atoms with van der Waals surface area (Å²) in [6, 6.07) is 5.70. The Balaban J connectivity index is 2.57. The maximum atomic E-state index is 11.9. The van der Waals surface area contributed by atoms with Gasteiger partial charge in [0.15, 0.2) is 0 Å². The lowest BCUT2D eigenvalue weighted by Gasteiger charge is -2.11. The normalized spacial score (nSPS) is 12.5. The van der Waals surface area contributed by atoms with Crippen molar-refractivity contribution in [2.45, 2.75) is 12.5 Å². The summed E-state index contributed by atoms with van der Waals surface area (Å²) in [4.78, 5) is 11.4. The number of aliphatic hydroxyl groups is 1. The first-order valence-corrected chi connectivity index (χ1v) is 4.54. The van der Waals surface area contributed by atoms with Gasteiger partial charge in [0.2, 0.25) is 0 Å². The van der Waals surface area contributed by atoms with Crippen LogP contribution in [-0.2, 0) is 0 Å². The highest BCUT2D eigenvalue weighted by Gasteiger charge is 2.18. The third-order valence-corrected chi connectivity index (χ3v) is 1.91. The van der Waals surface area contributed by atoms with Crippen molar-refractivity contribution in [3.05, 3.63) is 29.8 Å². The highest BCUT2D eigenvalue weighted by Crippen LogP contribution is 2.14. The molecule has 0 spiro atoms. The summed E-state index contributed by atoms with van der Waals surface area (Å²) in [5.74, 6) is -0.954. The zero-order valence-electron chi connectivity index (χ0n) is 8.23. The topological polar surface area (TPSA) is 69.6 Å². The Kier molecular flexibility index (Phi) is 4.19. The number of aromatic hydroxyl groups is 1. The molecular weight excluding hydrogens is 220 g/mol. The predicted octanol–water partition coefficient (Wildman–Crippen LogP) is 0.748. The van der Waals surface area contributed by atoms with Gasteiger partial charge in [-0.05, 0) is 12.1 Å². The summed E-state index contributed by atoms with van der Waals surface area (Å²) < 4.78 is 23.8. The fraction of sp³-hybridized carbons (Fsp3) is 0.300. The van der Waals surface area contributed by atoms with E-state index in [1.807, 2.05) is 0 Å². The molecule has 0 aliphatic carbocycles. The Morgan fingerprint density at radius 3 is 2.56 bits per heavy atom. The van der Waals surface area contributed by atoms with Gasteiger partial charge in [0.25, 0.3) is 12.3 Å². The molecule has 0 saturated carbocycles. The van der Waals surface area contributed by atoms with E-state index in [4.69, 9.17) is 5.11 Å². The van der Waals surface area contributed by atoms with E-state index >= 15 is 0 Å². The van der Waals surface area contributed by atoms with Gasteiger partial charge >= 0.3 is 0 Å². The van der Waals surface area contributed by atoms with Crippen LogP contribution in [0.3, 0.4) is 0 Å². The fourth-order valence-electron chi connectivity index (χ4n) is 1.05. The second-order valence-corrected chi connectivity index (χ2v) is 3.13. The van der Waals surface area contributed by atoms with E-state index in [1.54, 1.807) is 0 Å². The van der Waals surface area contributed by atoms with Crippen molar-refractivity contribution in [2.24, 2.45) is 0 Å². The van der Waals surface area contributed by atoms with Crippen molar-refractivity contribution >= 4 is 5.91 Å². The third kappa shape index (κ3) is 3.16. The molecule has 0 aromatic heterocycles. The average Bonchev–Trinajstić information content (AvgIpc) is 2.25. The van der Waals surface area contributed by atoms with Gasteiger partial charge in [-0.2, -0.15) is 0 Å². The number of phenols is 1. The average molecular weight is 231 g/mol. The molecule has 0 radical (unpaired) electrons. The number of hydrogen-bond donors (Lipinski definition) is 3. The Labute approximate surface area is 90.5 Å². The minimum Gasteiger partial charge on any atom is -0.507 e. The number of benzene rings is 1. The van der Waals surface area contributed by atoms with E-state index < -0.39 is 25.0 Å². The molecule has 16 heavy (non-hydrogen) atoms. The van der Waals surface area contributed by atoms with Gasteiger partial charge in [0, 0.05) is 6.54 Å². The summed E-state index contributed by atoms with van der Waals surface area (Å²) in [5.41, 5.74) is -0.0241. The second kappa shape index (κ2) is 5.41. The molecule has 3 N–H and O–H groups in total. The van der Waals surface area contributed by atoms with Crippen molar-refractivity contribution in [1.82, 2.24) is 5.32 Å². The summed E-state index contributed by atoms with van der Waals surface area (Å²) in [6.07, 6.45) is -4.82. The van der Waals surface area contributed by atoms with Crippen LogP contribution in [-0.4, -0.2) is 35.2 Å². The number of carbonyl (C=O) groups is 1. The smallest absolute Gasteiger partial charge is 0.265 e. The van der Waals surface area contributed by atoms with Gasteiger partial charge in [0.05, 0.1) is 5.56 Å². The van der Waals surface area contributed by atoms with Crippen LogP contribution >= 0.6 is 0 Å². The lowest BCUT2D eigenvalue weighted by atomic mass is 10.2. The number of para-hydroxylation sites is 1. The van der Waals surface area contributed by atoms with Crippen molar-refractivity contribution in [2.75, 3.05) is 6.54 Å². The molecule has 1 aromatic carbocycles. The van der Waals surface area contributed by atoms with Gasteiger partial charge in [-0.15, -0.1) is 0 Å². The maximum Gasteiger partial charge on any atom is 0.265 e. The van der Waals surface area contributed by atoms with E-state index in [1.165, 1.54) is 24.3 Å². The largest absolute Gasteiger partial charge is 0.507 e. The molecule has 0 heterocycles. The van der Waals surface area contributed by atoms with Crippen LogP contribution in [0.4, 0.5) is 8.78 Å². The monoisotopic (exact) mass is 231 g/mol. The summed E-state index contributed by atoms with van der Waals surface area (Å²) >= 11 is 0. The number of aliphatic hydroxyl groups excluding tert-OH is 1. The molecule has 1 rings (SSSR count). The molecule has 0 aliphatic heterocycles. The first-order valence-electron chi connectivity index (χ1n) is 4.54. The van der Waals surface area contributed by atoms with E-state index in [9.17, 15) is 18.7 Å². The highest BCUT2D eigenvalue weighted by molar-refractivity contribution is 5.96. The van der Waals surface area contributed by atoms with Crippen LogP contribution in [0.5, 0.6) is 5.75 Å². The number of alkyl halides is 2. The van der Waals surface area contributed by atoms with Crippen molar-refractivity contribution in [1.29, 1.82) is 0 Å². The van der Waals surface area contributed by atoms with Crippen LogP contribution < -0.4 is 5.32 Å². The van der Waals surface area contributed by atoms with Crippen LogP contribution in [0, 0.1) is 0 Å². The Hall–Kier alpha value is -1.69. The Morgan fingerprint density at radius 1 is 1.38 bits per heavy atom. The van der Waals surface area contributed by atoms with Crippen LogP contribution in [0.2, 0.25) is 0 Å². The van der Waals surface area contributed by atoms with E-state index in [0.29, 0.717) is 0 Å². The number of amides is 1. The number of rotatable bonds is 4. The van der Waals surface area contributed by atoms with Crippen molar-refractivity contribution < 1.29 is 23.8 Å². The number of hydrogen-bond acceptors (Lipinski definition) is 3. The third-order valence-electron chi connectivity index (χ3n) is 1.91. The molecule has 4 nitrogen and oxygen atoms in total. The molecule has 0 bridgehead atoms. The zero-order chi connectivity index (χ0) is 12.1. The lowest BCUT2D eigenvalue weighted by Crippen LogP contribution is -2.35. The molecule has 1 amide bonds. The lowest BCUT2D eigenvalue weighted by molar-refractivity contribution is -0.00271. The SMILES string of the molecule is O=C(NCC(O)C(F)F)c1ccccc1O. The molecule has 88 valence electrons. The van der Waals surface area contributed by atoms with Gasteiger partial charge < -0.3 is 15.5 Å². The van der Waals surface area contributed by atoms with Gasteiger partial charge in [-0.1, -0.05) is 12.1 Å². The van der Waals surface area contributed by atoms with Gasteiger partial charge in [-0.25, -0.2) is 8.78 Å². The minimum atomic E-state index is -2.91. The molecule has 1 aromatic rings. The predicted molar refractivity (Wildman–Crippen MR) is 52.5 cm³/mol. The first kappa shape index (κ1) is 12.4. The minimum absolute atomic E-state index is 0.0241. The molecule has 1 atom stereocenters. The number of nitrogens with one attached hydrogen (secondary N) is 1. The molecular formula is C10H11F2NO3. The summed E-state index contributed by atoms with van der Waals surface area (Å²) in [7, 11) is 0. The van der Waals surface area contributed by atoms with Crippen molar-refractivity contribution in [3.8, 4) is 5.75 Å². The van der Waals surface area contributed by atoms with Crippen LogP contribution in [0.25, 0.3) is 0 Å². The molecule has 6 heteroatoms. The second-order valence-electron chi connectivity index (χ2n) is 3.13. The molecule has 0 saturated heterocycles. The molecule has 1 unspecified atom stereocenters. The molecule has 0 fully saturated rings. The van der Waals surface area contributed by atoms with Gasteiger partial charge in [0.1, 0.15) is 11.9 Å². The van der Waals surface area contributed by atoms with E-state index in [0.717, 1.165) is 0 Å². The standard InChI is InChI=1S/C10H11F2NO3/c11-9(12)8(15)5-13-10(16)6-3-1-2-4-7(6)14/h1-4,8-9,14-15H,5H2,(H,13,16). The van der Waals surface area contributed by atoms with Crippen LogP contribution in [0.1, 0.15) is 10.4 Å². The zero-order valence-corrected chi connectivity index (χ0v) is 8.23. The Bertz CT molecular complexity index is 371. The summed E-state index contributed by atoms with van der Waals surface area (Å²) in [5, 5.41) is 20.1. The fourth-order valence-corrected chi connectivity index (χ4v) is 1.05. The van der Waals surface area contributed by atoms with E-state index in [2.05, 4.69) is 5.32 Å². The number of halogens is 2. The maximum absolute atomic E-state index is 11.9. The molecule has 0 aliphatic rings.